The fraction of sp³-hybridized carbons (Fsp3) is 0.182. The third kappa shape index (κ3) is 3.55. The zero-order valence-corrected chi connectivity index (χ0v) is 16.6. The lowest BCUT2D eigenvalue weighted by Crippen LogP contribution is -2.55. The summed E-state index contributed by atoms with van der Waals surface area (Å²) in [6.07, 6.45) is 1.81. The van der Waals surface area contributed by atoms with Crippen molar-refractivity contribution >= 4 is 35.1 Å². The first-order valence-electron chi connectivity index (χ1n) is 9.18. The van der Waals surface area contributed by atoms with Crippen LogP contribution in [-0.2, 0) is 11.3 Å². The number of imide groups is 1. The van der Waals surface area contributed by atoms with E-state index in [0.717, 1.165) is 5.56 Å². The number of nitrogens with zero attached hydrogens (tertiary/aromatic N) is 3. The number of rotatable bonds is 5. The third-order valence-corrected chi connectivity index (χ3v) is 5.71. The molecule has 1 unspecified atom stereocenters. The average Bonchev–Trinajstić information content (AvgIpc) is 3.23. The predicted molar refractivity (Wildman–Crippen MR) is 111 cm³/mol. The van der Waals surface area contributed by atoms with Crippen LogP contribution in [0.4, 0.5) is 10.5 Å². The maximum absolute atomic E-state index is 13.3. The molecule has 0 saturated carbocycles. The molecular weight excluding hydrogens is 386 g/mol. The lowest BCUT2D eigenvalue weighted by Gasteiger charge is -2.24. The highest BCUT2D eigenvalue weighted by molar-refractivity contribution is 8.04. The largest absolute Gasteiger partial charge is 0.506 e. The SMILES string of the molecule is CCOc1ccc(N2C(=O)C3SC=CC3=[N+](Cc3cccc(C#N)c3)C2=O)cc1. The molecule has 2 aromatic carbocycles. The molecule has 2 aliphatic rings. The number of fused-ring (bicyclic) bond motifs is 1. The van der Waals surface area contributed by atoms with Crippen LogP contribution in [0.5, 0.6) is 5.75 Å². The van der Waals surface area contributed by atoms with E-state index in [4.69, 9.17) is 10.00 Å². The van der Waals surface area contributed by atoms with Crippen molar-refractivity contribution in [1.29, 1.82) is 5.26 Å². The maximum atomic E-state index is 13.3. The van der Waals surface area contributed by atoms with Gasteiger partial charge in [0.1, 0.15) is 23.7 Å². The minimum Gasteiger partial charge on any atom is -0.494 e. The summed E-state index contributed by atoms with van der Waals surface area (Å²) in [6.45, 7) is 2.72. The molecule has 4 rings (SSSR count). The molecule has 0 saturated heterocycles. The van der Waals surface area contributed by atoms with E-state index in [0.29, 0.717) is 29.3 Å². The van der Waals surface area contributed by atoms with Crippen molar-refractivity contribution in [3.63, 3.8) is 0 Å². The zero-order valence-electron chi connectivity index (χ0n) is 15.7. The second kappa shape index (κ2) is 7.94. The van der Waals surface area contributed by atoms with E-state index in [1.807, 2.05) is 24.5 Å². The fourth-order valence-corrected chi connectivity index (χ4v) is 4.32. The number of allylic oxidation sites excluding steroid dienone is 1. The van der Waals surface area contributed by atoms with Gasteiger partial charge in [-0.05, 0) is 60.4 Å². The molecule has 144 valence electrons. The molecule has 6 nitrogen and oxygen atoms in total. The van der Waals surface area contributed by atoms with Gasteiger partial charge in [-0.3, -0.25) is 0 Å². The Hall–Kier alpha value is -3.37. The number of amides is 3. The van der Waals surface area contributed by atoms with Gasteiger partial charge in [-0.1, -0.05) is 12.1 Å². The molecule has 3 amide bonds. The summed E-state index contributed by atoms with van der Waals surface area (Å²) in [4.78, 5) is 27.6. The van der Waals surface area contributed by atoms with Gasteiger partial charge in [0.2, 0.25) is 0 Å². The fourth-order valence-electron chi connectivity index (χ4n) is 3.38. The Morgan fingerprint density at radius 3 is 2.72 bits per heavy atom. The van der Waals surface area contributed by atoms with Crippen molar-refractivity contribution in [2.24, 2.45) is 0 Å². The van der Waals surface area contributed by atoms with Crippen LogP contribution in [0.25, 0.3) is 0 Å². The van der Waals surface area contributed by atoms with Gasteiger partial charge in [0.05, 0.1) is 18.2 Å². The topological polar surface area (TPSA) is 73.4 Å². The van der Waals surface area contributed by atoms with Gasteiger partial charge < -0.3 is 4.74 Å². The van der Waals surface area contributed by atoms with Crippen LogP contribution in [0.15, 0.2) is 60.0 Å². The second-order valence-corrected chi connectivity index (χ2v) is 7.54. The van der Waals surface area contributed by atoms with Gasteiger partial charge >= 0.3 is 11.9 Å². The number of anilines is 1. The average molecular weight is 404 g/mol. The van der Waals surface area contributed by atoms with Crippen LogP contribution in [0, 0.1) is 11.3 Å². The molecule has 0 aromatic heterocycles. The zero-order chi connectivity index (χ0) is 20.4. The standard InChI is InChI=1S/C22H18N3O3S/c1-2-28-18-8-6-17(7-9-18)25-21(26)20-19(10-11-29-20)24(22(25)27)14-16-5-3-4-15(12-16)13-23/h3-12,20H,2,14H2,1H3/q+1. The van der Waals surface area contributed by atoms with E-state index in [2.05, 4.69) is 6.07 Å². The predicted octanol–water partition coefficient (Wildman–Crippen LogP) is 3.71. The van der Waals surface area contributed by atoms with Crippen molar-refractivity contribution in [2.45, 2.75) is 18.7 Å². The number of hydrogen-bond donors (Lipinski definition) is 0. The summed E-state index contributed by atoms with van der Waals surface area (Å²) >= 11 is 1.39. The van der Waals surface area contributed by atoms with E-state index < -0.39 is 11.3 Å². The molecule has 2 aliphatic heterocycles. The summed E-state index contributed by atoms with van der Waals surface area (Å²) in [6, 6.07) is 15.8. The highest BCUT2D eigenvalue weighted by Crippen LogP contribution is 2.31. The van der Waals surface area contributed by atoms with E-state index in [9.17, 15) is 9.59 Å². The number of hydrogen-bond acceptors (Lipinski definition) is 5. The molecule has 0 fully saturated rings. The Morgan fingerprint density at radius 2 is 2.00 bits per heavy atom. The normalized spacial score (nSPS) is 18.1. The molecule has 0 N–H and O–H groups in total. The Morgan fingerprint density at radius 1 is 1.21 bits per heavy atom. The van der Waals surface area contributed by atoms with Crippen molar-refractivity contribution in [2.75, 3.05) is 11.5 Å². The number of carbonyl (C=O) groups excluding carboxylic acids is 2. The van der Waals surface area contributed by atoms with Crippen molar-refractivity contribution in [3.05, 3.63) is 71.1 Å². The van der Waals surface area contributed by atoms with Gasteiger partial charge in [0.15, 0.2) is 5.25 Å². The summed E-state index contributed by atoms with van der Waals surface area (Å²) < 4.78 is 7.06. The van der Waals surface area contributed by atoms with Gasteiger partial charge in [0.25, 0.3) is 0 Å². The van der Waals surface area contributed by atoms with Crippen LogP contribution >= 0.6 is 11.8 Å². The molecule has 2 aromatic rings. The number of nitriles is 1. The van der Waals surface area contributed by atoms with Crippen molar-refractivity contribution < 1.29 is 18.9 Å². The van der Waals surface area contributed by atoms with Crippen LogP contribution < -0.4 is 9.64 Å². The summed E-state index contributed by atoms with van der Waals surface area (Å²) in [5, 5.41) is 10.5. The number of thioether (sulfide) groups is 1. The van der Waals surface area contributed by atoms with Crippen LogP contribution in [0.1, 0.15) is 18.1 Å². The molecule has 0 spiro atoms. The Bertz CT molecular complexity index is 1080. The number of benzene rings is 2. The molecule has 0 radical (unpaired) electrons. The highest BCUT2D eigenvalue weighted by atomic mass is 32.2. The van der Waals surface area contributed by atoms with Gasteiger partial charge in [-0.25, -0.2) is 4.79 Å². The first kappa shape index (κ1) is 19.0. The molecule has 7 heteroatoms. The van der Waals surface area contributed by atoms with E-state index in [1.54, 1.807) is 47.0 Å². The summed E-state index contributed by atoms with van der Waals surface area (Å²) in [5.41, 5.74) is 2.54. The Labute approximate surface area is 172 Å². The smallest absolute Gasteiger partial charge is 0.494 e. The lowest BCUT2D eigenvalue weighted by molar-refractivity contribution is -0.444. The monoisotopic (exact) mass is 404 g/mol. The van der Waals surface area contributed by atoms with Gasteiger partial charge in [0, 0.05) is 0 Å². The third-order valence-electron chi connectivity index (χ3n) is 4.70. The second-order valence-electron chi connectivity index (χ2n) is 6.53. The first-order valence-corrected chi connectivity index (χ1v) is 10.1. The van der Waals surface area contributed by atoms with Crippen LogP contribution in [-0.4, -0.2) is 34.1 Å². The minimum atomic E-state index is -0.460. The Kier molecular flexibility index (Phi) is 5.19. The molecule has 2 heterocycles. The number of carbonyl (C=O) groups is 2. The maximum Gasteiger partial charge on any atom is 0.506 e. The van der Waals surface area contributed by atoms with Gasteiger partial charge in [-0.15, -0.1) is 16.7 Å². The van der Waals surface area contributed by atoms with Crippen molar-refractivity contribution in [1.82, 2.24) is 0 Å². The van der Waals surface area contributed by atoms with E-state index >= 15 is 0 Å². The molecular formula is C22H18N3O3S+. The molecule has 1 atom stereocenters. The highest BCUT2D eigenvalue weighted by Gasteiger charge is 2.50. The molecule has 29 heavy (non-hydrogen) atoms. The molecule has 0 aliphatic carbocycles. The van der Waals surface area contributed by atoms with Gasteiger partial charge in [-0.2, -0.15) is 14.6 Å². The quantitative estimate of drug-likeness (QED) is 0.711. The van der Waals surface area contributed by atoms with Crippen molar-refractivity contribution in [3.8, 4) is 11.8 Å². The number of ether oxygens (including phenoxy) is 1. The summed E-state index contributed by atoms with van der Waals surface area (Å²) in [7, 11) is 0. The van der Waals surface area contributed by atoms with Crippen LogP contribution in [0.2, 0.25) is 0 Å². The number of urea groups is 1. The van der Waals surface area contributed by atoms with E-state index in [-0.39, 0.29) is 12.5 Å². The molecule has 0 bridgehead atoms. The lowest BCUT2D eigenvalue weighted by atomic mass is 10.1. The van der Waals surface area contributed by atoms with E-state index in [1.165, 1.54) is 16.7 Å². The first-order chi connectivity index (χ1) is 14.1. The Balaban J connectivity index is 1.71. The summed E-state index contributed by atoms with van der Waals surface area (Å²) in [5.74, 6) is 0.425. The minimum absolute atomic E-state index is 0.258. The van der Waals surface area contributed by atoms with Crippen LogP contribution in [0.3, 0.4) is 0 Å².